The van der Waals surface area contributed by atoms with Gasteiger partial charge in [0.2, 0.25) is 0 Å². The van der Waals surface area contributed by atoms with Crippen molar-refractivity contribution < 1.29 is 18.5 Å². The van der Waals surface area contributed by atoms with Gasteiger partial charge in [-0.15, -0.1) is 0 Å². The van der Waals surface area contributed by atoms with Crippen molar-refractivity contribution in [2.24, 2.45) is 0 Å². The average Bonchev–Trinajstić information content (AvgIpc) is 2.43. The molecule has 0 aliphatic rings. The molecule has 21 heavy (non-hydrogen) atoms. The molecular weight excluding hydrogens is 290 g/mol. The van der Waals surface area contributed by atoms with E-state index in [0.29, 0.717) is 13.2 Å². The van der Waals surface area contributed by atoms with Crippen LogP contribution in [0, 0.1) is 13.8 Å². The Balaban J connectivity index is 2.81. The standard InChI is InChI=1S/C15H23NO4S/c1-6-20-14(17)7-8-16(4)21(18)15-11(2)9-13(19-5)10-12(15)3/h9-10H,6-8H2,1-5H3. The lowest BCUT2D eigenvalue weighted by atomic mass is 10.1. The molecule has 0 N–H and O–H groups in total. The zero-order valence-corrected chi connectivity index (χ0v) is 14.1. The fourth-order valence-corrected chi connectivity index (χ4v) is 3.26. The molecular formula is C15H23NO4S. The molecule has 1 unspecified atom stereocenters. The molecule has 6 heteroatoms. The van der Waals surface area contributed by atoms with E-state index in [2.05, 4.69) is 0 Å². The number of methoxy groups -OCH3 is 1. The van der Waals surface area contributed by atoms with Crippen LogP contribution in [0.2, 0.25) is 0 Å². The van der Waals surface area contributed by atoms with E-state index in [-0.39, 0.29) is 12.4 Å². The Hall–Kier alpha value is -1.40. The lowest BCUT2D eigenvalue weighted by Gasteiger charge is -2.19. The normalized spacial score (nSPS) is 12.3. The van der Waals surface area contributed by atoms with E-state index in [0.717, 1.165) is 21.8 Å². The highest BCUT2D eigenvalue weighted by molar-refractivity contribution is 7.82. The monoisotopic (exact) mass is 313 g/mol. The largest absolute Gasteiger partial charge is 0.497 e. The molecule has 0 aliphatic heterocycles. The van der Waals surface area contributed by atoms with Gasteiger partial charge in [-0.1, -0.05) is 0 Å². The molecule has 0 bridgehead atoms. The molecule has 1 aromatic carbocycles. The van der Waals surface area contributed by atoms with Crippen LogP contribution in [0.25, 0.3) is 0 Å². The van der Waals surface area contributed by atoms with Crippen molar-refractivity contribution in [1.82, 2.24) is 4.31 Å². The molecule has 0 aromatic heterocycles. The van der Waals surface area contributed by atoms with Gasteiger partial charge in [0.15, 0.2) is 0 Å². The minimum absolute atomic E-state index is 0.227. The lowest BCUT2D eigenvalue weighted by molar-refractivity contribution is -0.143. The second-order valence-electron chi connectivity index (χ2n) is 4.75. The third-order valence-corrected chi connectivity index (χ3v) is 4.81. The van der Waals surface area contributed by atoms with Gasteiger partial charge in [0, 0.05) is 13.6 Å². The number of carbonyl (C=O) groups is 1. The van der Waals surface area contributed by atoms with Gasteiger partial charge in [-0.3, -0.25) is 4.79 Å². The highest BCUT2D eigenvalue weighted by Crippen LogP contribution is 2.25. The van der Waals surface area contributed by atoms with E-state index >= 15 is 0 Å². The Morgan fingerprint density at radius 3 is 2.33 bits per heavy atom. The topological polar surface area (TPSA) is 55.8 Å². The summed E-state index contributed by atoms with van der Waals surface area (Å²) in [5.74, 6) is 0.476. The Bertz CT molecular complexity index is 507. The van der Waals surface area contributed by atoms with E-state index in [1.54, 1.807) is 25.4 Å². The second kappa shape index (κ2) is 8.14. The molecule has 1 rings (SSSR count). The van der Waals surface area contributed by atoms with Gasteiger partial charge in [0.1, 0.15) is 16.7 Å². The smallest absolute Gasteiger partial charge is 0.307 e. The summed E-state index contributed by atoms with van der Waals surface area (Å²) < 4.78 is 24.3. The van der Waals surface area contributed by atoms with Gasteiger partial charge in [0.05, 0.1) is 25.0 Å². The third-order valence-electron chi connectivity index (χ3n) is 3.06. The second-order valence-corrected chi connectivity index (χ2v) is 6.28. The van der Waals surface area contributed by atoms with E-state index in [1.807, 2.05) is 26.0 Å². The minimum atomic E-state index is -1.31. The van der Waals surface area contributed by atoms with Crippen molar-refractivity contribution >= 4 is 17.0 Å². The Labute approximate surface area is 128 Å². The first-order chi connectivity index (χ1) is 9.90. The lowest BCUT2D eigenvalue weighted by Crippen LogP contribution is -2.26. The first-order valence-corrected chi connectivity index (χ1v) is 7.95. The summed E-state index contributed by atoms with van der Waals surface area (Å²) in [7, 11) is 2.03. The van der Waals surface area contributed by atoms with Crippen LogP contribution < -0.4 is 4.74 Å². The first-order valence-electron chi connectivity index (χ1n) is 6.84. The summed E-state index contributed by atoms with van der Waals surface area (Å²) in [5.41, 5.74) is 1.82. The van der Waals surface area contributed by atoms with Crippen LogP contribution in [-0.4, -0.2) is 41.8 Å². The average molecular weight is 313 g/mol. The van der Waals surface area contributed by atoms with Crippen molar-refractivity contribution in [2.45, 2.75) is 32.1 Å². The minimum Gasteiger partial charge on any atom is -0.497 e. The molecule has 0 saturated heterocycles. The third kappa shape index (κ3) is 4.82. The fraction of sp³-hybridized carbons (Fsp3) is 0.533. The van der Waals surface area contributed by atoms with Crippen molar-refractivity contribution in [3.05, 3.63) is 23.3 Å². The summed E-state index contributed by atoms with van der Waals surface area (Å²) in [6.07, 6.45) is 0.227. The van der Waals surface area contributed by atoms with Crippen LogP contribution in [0.3, 0.4) is 0 Å². The number of nitrogens with zero attached hydrogens (tertiary/aromatic N) is 1. The Morgan fingerprint density at radius 2 is 1.86 bits per heavy atom. The van der Waals surface area contributed by atoms with Crippen molar-refractivity contribution in [3.8, 4) is 5.75 Å². The van der Waals surface area contributed by atoms with Gasteiger partial charge in [-0.2, -0.15) is 0 Å². The molecule has 0 spiro atoms. The number of benzene rings is 1. The summed E-state index contributed by atoms with van der Waals surface area (Å²) in [5, 5.41) is 0. The number of carbonyl (C=O) groups excluding carboxylic acids is 1. The number of hydrogen-bond donors (Lipinski definition) is 0. The molecule has 118 valence electrons. The van der Waals surface area contributed by atoms with E-state index in [4.69, 9.17) is 9.47 Å². The van der Waals surface area contributed by atoms with Crippen molar-refractivity contribution in [3.63, 3.8) is 0 Å². The highest BCUT2D eigenvalue weighted by Gasteiger charge is 2.17. The SMILES string of the molecule is CCOC(=O)CCN(C)S(=O)c1c(C)cc(OC)cc1C. The molecule has 0 amide bonds. The Kier molecular flexibility index (Phi) is 6.84. The highest BCUT2D eigenvalue weighted by atomic mass is 32.2. The van der Waals surface area contributed by atoms with Gasteiger partial charge >= 0.3 is 5.97 Å². The summed E-state index contributed by atoms with van der Waals surface area (Å²) in [4.78, 5) is 12.1. The summed E-state index contributed by atoms with van der Waals surface area (Å²) >= 11 is 0. The van der Waals surface area contributed by atoms with Crippen LogP contribution in [0.1, 0.15) is 24.5 Å². The van der Waals surface area contributed by atoms with Crippen LogP contribution in [0.15, 0.2) is 17.0 Å². The fourth-order valence-electron chi connectivity index (χ4n) is 2.02. The Morgan fingerprint density at radius 1 is 1.29 bits per heavy atom. The zero-order valence-electron chi connectivity index (χ0n) is 13.3. The van der Waals surface area contributed by atoms with Crippen LogP contribution in [-0.2, 0) is 20.5 Å². The van der Waals surface area contributed by atoms with Crippen molar-refractivity contribution in [2.75, 3.05) is 27.3 Å². The van der Waals surface area contributed by atoms with E-state index in [1.165, 1.54) is 0 Å². The molecule has 0 aliphatic carbocycles. The van der Waals surface area contributed by atoms with E-state index in [9.17, 15) is 9.00 Å². The van der Waals surface area contributed by atoms with Crippen LogP contribution >= 0.6 is 0 Å². The quantitative estimate of drug-likeness (QED) is 0.724. The summed E-state index contributed by atoms with van der Waals surface area (Å²) in [6, 6.07) is 3.72. The van der Waals surface area contributed by atoms with Gasteiger partial charge in [-0.05, 0) is 44.0 Å². The molecule has 1 atom stereocenters. The molecule has 0 radical (unpaired) electrons. The number of esters is 1. The van der Waals surface area contributed by atoms with Crippen LogP contribution in [0.5, 0.6) is 5.75 Å². The molecule has 1 aromatic rings. The number of ether oxygens (including phenoxy) is 2. The first kappa shape index (κ1) is 17.7. The predicted molar refractivity (Wildman–Crippen MR) is 82.8 cm³/mol. The van der Waals surface area contributed by atoms with Gasteiger partial charge < -0.3 is 9.47 Å². The van der Waals surface area contributed by atoms with Gasteiger partial charge in [0.25, 0.3) is 0 Å². The maximum Gasteiger partial charge on any atom is 0.307 e. The van der Waals surface area contributed by atoms with Crippen LogP contribution in [0.4, 0.5) is 0 Å². The zero-order chi connectivity index (χ0) is 16.0. The number of hydrogen-bond acceptors (Lipinski definition) is 4. The maximum absolute atomic E-state index is 12.6. The van der Waals surface area contributed by atoms with Gasteiger partial charge in [-0.25, -0.2) is 8.51 Å². The number of aryl methyl sites for hydroxylation is 2. The van der Waals surface area contributed by atoms with Crippen molar-refractivity contribution in [1.29, 1.82) is 0 Å². The predicted octanol–water partition coefficient (Wildman–Crippen LogP) is 2.22. The molecule has 5 nitrogen and oxygen atoms in total. The maximum atomic E-state index is 12.6. The molecule has 0 saturated carbocycles. The number of rotatable bonds is 7. The summed E-state index contributed by atoms with van der Waals surface area (Å²) in [6.45, 7) is 6.33. The molecule has 0 heterocycles. The van der Waals surface area contributed by atoms with E-state index < -0.39 is 11.0 Å². The molecule has 0 fully saturated rings.